The van der Waals surface area contributed by atoms with Gasteiger partial charge in [0.1, 0.15) is 4.90 Å². The third-order valence-electron chi connectivity index (χ3n) is 2.36. The fourth-order valence-corrected chi connectivity index (χ4v) is 2.58. The molecule has 2 aromatic rings. The number of carbonyl (C=O) groups is 1. The summed E-state index contributed by atoms with van der Waals surface area (Å²) in [6.45, 7) is 0. The molecule has 2 N–H and O–H groups in total. The van der Waals surface area contributed by atoms with Crippen LogP contribution in [0.4, 0.5) is 8.78 Å². The van der Waals surface area contributed by atoms with Gasteiger partial charge in [0.25, 0.3) is 10.0 Å². The van der Waals surface area contributed by atoms with Gasteiger partial charge >= 0.3 is 5.97 Å². The highest BCUT2D eigenvalue weighted by molar-refractivity contribution is 7.92. The number of hydrogen-bond donors (Lipinski definition) is 2. The molecule has 0 spiro atoms. The molecular weight excluding hydrogens is 294 g/mol. The van der Waals surface area contributed by atoms with E-state index in [0.29, 0.717) is 12.1 Å². The molecule has 0 aliphatic carbocycles. The number of hydrogen-bond acceptors (Lipinski definition) is 3. The lowest BCUT2D eigenvalue weighted by Gasteiger charge is -2.10. The van der Waals surface area contributed by atoms with Gasteiger partial charge in [0.15, 0.2) is 11.6 Å². The standard InChI is InChI=1S/C11H8F2N2O4S/c12-8-5-7(11(16)17)6-9(10(8)13)20(18,19)14-15-3-1-2-4-15/h1-6,14H,(H,16,17). The van der Waals surface area contributed by atoms with Crippen LogP contribution in [0.15, 0.2) is 41.6 Å². The highest BCUT2D eigenvalue weighted by atomic mass is 32.2. The van der Waals surface area contributed by atoms with Gasteiger partial charge in [-0.1, -0.05) is 0 Å². The summed E-state index contributed by atoms with van der Waals surface area (Å²) in [5.41, 5.74) is -0.670. The first-order chi connectivity index (χ1) is 9.31. The van der Waals surface area contributed by atoms with Gasteiger partial charge in [0.2, 0.25) is 0 Å². The molecule has 6 nitrogen and oxygen atoms in total. The van der Waals surface area contributed by atoms with E-state index in [2.05, 4.69) is 0 Å². The zero-order valence-electron chi connectivity index (χ0n) is 9.75. The smallest absolute Gasteiger partial charge is 0.335 e. The molecule has 0 bridgehead atoms. The van der Waals surface area contributed by atoms with Crippen LogP contribution in [0.1, 0.15) is 10.4 Å². The molecule has 20 heavy (non-hydrogen) atoms. The van der Waals surface area contributed by atoms with E-state index in [1.54, 1.807) is 0 Å². The average molecular weight is 302 g/mol. The Bertz CT molecular complexity index is 757. The average Bonchev–Trinajstić information content (AvgIpc) is 2.83. The summed E-state index contributed by atoms with van der Waals surface area (Å²) in [6.07, 6.45) is 2.65. The molecular formula is C11H8F2N2O4S. The first-order valence-electron chi connectivity index (χ1n) is 5.19. The summed E-state index contributed by atoms with van der Waals surface area (Å²) in [4.78, 5) is 11.6. The van der Waals surface area contributed by atoms with Crippen LogP contribution >= 0.6 is 0 Å². The molecule has 0 unspecified atom stereocenters. The molecule has 106 valence electrons. The second-order valence-electron chi connectivity index (χ2n) is 3.76. The van der Waals surface area contributed by atoms with Crippen molar-refractivity contribution in [3.63, 3.8) is 0 Å². The van der Waals surface area contributed by atoms with Crippen molar-refractivity contribution >= 4 is 16.0 Å². The zero-order valence-corrected chi connectivity index (χ0v) is 10.6. The molecule has 1 aromatic heterocycles. The van der Waals surface area contributed by atoms with Crippen LogP contribution < -0.4 is 4.83 Å². The second kappa shape index (κ2) is 4.93. The summed E-state index contributed by atoms with van der Waals surface area (Å²) < 4.78 is 51.7. The minimum absolute atomic E-state index is 0.409. The van der Waals surface area contributed by atoms with Crippen LogP contribution in [0.25, 0.3) is 0 Å². The van der Waals surface area contributed by atoms with Crippen LogP contribution in [0.5, 0.6) is 0 Å². The monoisotopic (exact) mass is 302 g/mol. The van der Waals surface area contributed by atoms with Gasteiger partial charge in [0.05, 0.1) is 5.56 Å². The Labute approximate surface area is 112 Å². The van der Waals surface area contributed by atoms with Crippen molar-refractivity contribution in [2.75, 3.05) is 4.83 Å². The first-order valence-corrected chi connectivity index (χ1v) is 6.68. The van der Waals surface area contributed by atoms with Gasteiger partial charge in [0, 0.05) is 12.4 Å². The fraction of sp³-hybridized carbons (Fsp3) is 0. The third kappa shape index (κ3) is 2.62. The largest absolute Gasteiger partial charge is 0.478 e. The van der Waals surface area contributed by atoms with E-state index in [9.17, 15) is 22.0 Å². The van der Waals surface area contributed by atoms with Crippen molar-refractivity contribution in [3.8, 4) is 0 Å². The number of carboxylic acids is 1. The summed E-state index contributed by atoms with van der Waals surface area (Å²) in [5, 5.41) is 8.74. The summed E-state index contributed by atoms with van der Waals surface area (Å²) in [6, 6.07) is 3.97. The molecule has 1 heterocycles. The topological polar surface area (TPSA) is 88.4 Å². The molecule has 2 rings (SSSR count). The second-order valence-corrected chi connectivity index (χ2v) is 5.39. The lowest BCUT2D eigenvalue weighted by atomic mass is 10.2. The minimum atomic E-state index is -4.46. The Hall–Kier alpha value is -2.42. The molecule has 0 saturated carbocycles. The quantitative estimate of drug-likeness (QED) is 0.893. The maximum Gasteiger partial charge on any atom is 0.335 e. The van der Waals surface area contributed by atoms with Crippen LogP contribution in [0.2, 0.25) is 0 Å². The van der Waals surface area contributed by atoms with Crippen LogP contribution in [-0.4, -0.2) is 24.2 Å². The normalized spacial score (nSPS) is 11.3. The van der Waals surface area contributed by atoms with Gasteiger partial charge in [-0.3, -0.25) is 4.68 Å². The number of aromatic carboxylic acids is 1. The van der Waals surface area contributed by atoms with E-state index in [4.69, 9.17) is 5.11 Å². The Kier molecular flexibility index (Phi) is 3.45. The maximum atomic E-state index is 13.6. The Morgan fingerprint density at radius 3 is 2.35 bits per heavy atom. The highest BCUT2D eigenvalue weighted by Crippen LogP contribution is 2.20. The predicted molar refractivity (Wildman–Crippen MR) is 64.3 cm³/mol. The fourth-order valence-electron chi connectivity index (χ4n) is 1.47. The predicted octanol–water partition coefficient (Wildman–Crippen LogP) is 1.40. The summed E-state index contributed by atoms with van der Waals surface area (Å²) in [5.74, 6) is -4.77. The maximum absolute atomic E-state index is 13.6. The van der Waals surface area contributed by atoms with Crippen molar-refractivity contribution in [1.29, 1.82) is 0 Å². The SMILES string of the molecule is O=C(O)c1cc(F)c(F)c(S(=O)(=O)Nn2cccc2)c1. The van der Waals surface area contributed by atoms with E-state index in [0.717, 1.165) is 4.68 Å². The Morgan fingerprint density at radius 1 is 1.20 bits per heavy atom. The number of halogens is 2. The van der Waals surface area contributed by atoms with Gasteiger partial charge in [-0.05, 0) is 24.3 Å². The molecule has 1 aromatic carbocycles. The summed E-state index contributed by atoms with van der Waals surface area (Å²) in [7, 11) is -4.46. The molecule has 0 aliphatic heterocycles. The molecule has 0 radical (unpaired) electrons. The number of nitrogens with zero attached hydrogens (tertiary/aromatic N) is 1. The third-order valence-corrected chi connectivity index (χ3v) is 3.69. The molecule has 0 atom stereocenters. The Balaban J connectivity index is 2.53. The van der Waals surface area contributed by atoms with Crippen molar-refractivity contribution in [2.45, 2.75) is 4.90 Å². The minimum Gasteiger partial charge on any atom is -0.478 e. The number of rotatable bonds is 4. The van der Waals surface area contributed by atoms with Crippen molar-refractivity contribution < 1.29 is 27.1 Å². The lowest BCUT2D eigenvalue weighted by Crippen LogP contribution is -2.23. The molecule has 9 heteroatoms. The lowest BCUT2D eigenvalue weighted by molar-refractivity contribution is 0.0696. The number of sulfonamides is 1. The molecule has 0 amide bonds. The first kappa shape index (κ1) is 14.0. The van der Waals surface area contributed by atoms with Crippen molar-refractivity contribution in [2.24, 2.45) is 0 Å². The van der Waals surface area contributed by atoms with Crippen molar-refractivity contribution in [3.05, 3.63) is 53.9 Å². The molecule has 0 aliphatic rings. The van der Waals surface area contributed by atoms with Gasteiger partial charge < -0.3 is 5.11 Å². The highest BCUT2D eigenvalue weighted by Gasteiger charge is 2.24. The van der Waals surface area contributed by atoms with Gasteiger partial charge in [-0.2, -0.15) is 8.42 Å². The van der Waals surface area contributed by atoms with Crippen molar-refractivity contribution in [1.82, 2.24) is 4.68 Å². The molecule has 0 saturated heterocycles. The zero-order chi connectivity index (χ0) is 14.9. The van der Waals surface area contributed by atoms with Crippen LogP contribution in [0.3, 0.4) is 0 Å². The van der Waals surface area contributed by atoms with E-state index < -0.39 is 38.1 Å². The number of aromatic nitrogens is 1. The van der Waals surface area contributed by atoms with E-state index in [1.165, 1.54) is 24.5 Å². The number of carboxylic acid groups (broad SMARTS) is 1. The summed E-state index contributed by atoms with van der Waals surface area (Å²) >= 11 is 0. The van der Waals surface area contributed by atoms with Gasteiger partial charge in [-0.25, -0.2) is 18.4 Å². The number of benzene rings is 1. The van der Waals surface area contributed by atoms with Crippen LogP contribution in [-0.2, 0) is 10.0 Å². The van der Waals surface area contributed by atoms with Crippen LogP contribution in [0, 0.1) is 11.6 Å². The van der Waals surface area contributed by atoms with E-state index >= 15 is 0 Å². The van der Waals surface area contributed by atoms with E-state index in [1.807, 2.05) is 4.83 Å². The molecule has 0 fully saturated rings. The van der Waals surface area contributed by atoms with Gasteiger partial charge in [-0.15, -0.1) is 0 Å². The Morgan fingerprint density at radius 2 is 1.80 bits per heavy atom. The number of nitrogens with one attached hydrogen (secondary N) is 1. The van der Waals surface area contributed by atoms with E-state index in [-0.39, 0.29) is 0 Å².